The van der Waals surface area contributed by atoms with Crippen LogP contribution >= 0.6 is 11.8 Å². The lowest BCUT2D eigenvalue weighted by atomic mass is 9.98. The van der Waals surface area contributed by atoms with Gasteiger partial charge in [-0.05, 0) is 53.5 Å². The highest BCUT2D eigenvalue weighted by Crippen LogP contribution is 2.44. The zero-order chi connectivity index (χ0) is 24.8. The number of amides is 2. The molecule has 186 valence electrons. The highest BCUT2D eigenvalue weighted by molar-refractivity contribution is 7.98. The summed E-state index contributed by atoms with van der Waals surface area (Å²) in [7, 11) is 0. The number of hydrogen-bond donors (Lipinski definition) is 3. The van der Waals surface area contributed by atoms with Crippen LogP contribution < -0.4 is 10.6 Å². The summed E-state index contributed by atoms with van der Waals surface area (Å²) in [5, 5.41) is 14.5. The minimum atomic E-state index is -0.992. The van der Waals surface area contributed by atoms with Crippen LogP contribution in [0.1, 0.15) is 36.3 Å². The number of carbonyl (C=O) groups is 3. The monoisotopic (exact) mass is 498 g/mol. The lowest BCUT2D eigenvalue weighted by Gasteiger charge is -2.20. The molecule has 4 rings (SSSR count). The molecule has 35 heavy (non-hydrogen) atoms. The van der Waals surface area contributed by atoms with Gasteiger partial charge in [-0.1, -0.05) is 48.5 Å². The third-order valence-corrected chi connectivity index (χ3v) is 7.09. The van der Waals surface area contributed by atoms with Crippen molar-refractivity contribution in [3.63, 3.8) is 0 Å². The summed E-state index contributed by atoms with van der Waals surface area (Å²) in [6.45, 7) is 0.369. The number of rotatable bonds is 10. The first-order chi connectivity index (χ1) is 17.0. The Morgan fingerprint density at radius 3 is 2.34 bits per heavy atom. The molecule has 2 aliphatic rings. The van der Waals surface area contributed by atoms with Crippen LogP contribution in [0.4, 0.5) is 4.79 Å². The molecule has 3 atom stereocenters. The maximum absolute atomic E-state index is 12.8. The molecule has 0 bridgehead atoms. The fourth-order valence-corrected chi connectivity index (χ4v) is 5.13. The Hall–Kier alpha value is -3.04. The first kappa shape index (κ1) is 25.1. The Kier molecular flexibility index (Phi) is 8.30. The summed E-state index contributed by atoms with van der Waals surface area (Å²) < 4.78 is 11.0. The van der Waals surface area contributed by atoms with Gasteiger partial charge >= 0.3 is 12.1 Å². The second-order valence-corrected chi connectivity index (χ2v) is 9.70. The van der Waals surface area contributed by atoms with Gasteiger partial charge in [-0.15, -0.1) is 0 Å². The number of aliphatic carboxylic acids is 1. The van der Waals surface area contributed by atoms with E-state index in [4.69, 9.17) is 14.6 Å². The maximum Gasteiger partial charge on any atom is 0.407 e. The van der Waals surface area contributed by atoms with E-state index in [-0.39, 0.29) is 31.1 Å². The smallest absolute Gasteiger partial charge is 0.407 e. The maximum atomic E-state index is 12.8. The van der Waals surface area contributed by atoms with Crippen LogP contribution in [0.5, 0.6) is 0 Å². The van der Waals surface area contributed by atoms with E-state index in [1.807, 2.05) is 30.5 Å². The Morgan fingerprint density at radius 1 is 1.09 bits per heavy atom. The van der Waals surface area contributed by atoms with Gasteiger partial charge in [0.15, 0.2) is 6.10 Å². The normalized spacial score (nSPS) is 19.5. The summed E-state index contributed by atoms with van der Waals surface area (Å²) in [4.78, 5) is 36.5. The number of thioether (sulfide) groups is 1. The van der Waals surface area contributed by atoms with Gasteiger partial charge in [-0.25, -0.2) is 9.59 Å². The molecule has 2 unspecified atom stereocenters. The van der Waals surface area contributed by atoms with Gasteiger partial charge in [-0.2, -0.15) is 11.8 Å². The number of hydrogen-bond acceptors (Lipinski definition) is 6. The Balaban J connectivity index is 1.32. The lowest BCUT2D eigenvalue weighted by Crippen LogP contribution is -2.49. The number of carboxylic acid groups (broad SMARTS) is 1. The quantitative estimate of drug-likeness (QED) is 0.460. The predicted octanol–water partition coefficient (Wildman–Crippen LogP) is 3.40. The van der Waals surface area contributed by atoms with Gasteiger partial charge in [0.25, 0.3) is 0 Å². The highest BCUT2D eigenvalue weighted by Gasteiger charge is 2.32. The molecule has 0 aromatic heterocycles. The van der Waals surface area contributed by atoms with Gasteiger partial charge in [0.2, 0.25) is 5.91 Å². The van der Waals surface area contributed by atoms with Gasteiger partial charge in [-0.3, -0.25) is 4.79 Å². The number of benzene rings is 2. The van der Waals surface area contributed by atoms with E-state index in [9.17, 15) is 14.4 Å². The molecule has 3 N–H and O–H groups in total. The van der Waals surface area contributed by atoms with E-state index in [1.165, 1.54) is 0 Å². The van der Waals surface area contributed by atoms with Crippen molar-refractivity contribution in [2.75, 3.05) is 25.2 Å². The summed E-state index contributed by atoms with van der Waals surface area (Å²) in [6.07, 6.45) is 1.53. The van der Waals surface area contributed by atoms with Crippen LogP contribution in [0.25, 0.3) is 11.1 Å². The fraction of sp³-hybridized carbons (Fsp3) is 0.423. The molecule has 0 spiro atoms. The molecule has 2 aromatic rings. The van der Waals surface area contributed by atoms with Gasteiger partial charge in [0, 0.05) is 12.5 Å². The third-order valence-electron chi connectivity index (χ3n) is 6.45. The molecule has 1 heterocycles. The van der Waals surface area contributed by atoms with Crippen LogP contribution in [0.2, 0.25) is 0 Å². The Bertz CT molecular complexity index is 1030. The minimum absolute atomic E-state index is 0.0617. The van der Waals surface area contributed by atoms with Crippen molar-refractivity contribution in [1.29, 1.82) is 0 Å². The van der Waals surface area contributed by atoms with Crippen molar-refractivity contribution in [2.24, 2.45) is 0 Å². The molecule has 2 amide bonds. The number of fused-ring (bicyclic) bond motifs is 3. The average molecular weight is 499 g/mol. The molecule has 1 aliphatic carbocycles. The summed E-state index contributed by atoms with van der Waals surface area (Å²) in [6, 6.07) is 15.5. The molecular formula is C26H30N2O6S. The first-order valence-electron chi connectivity index (χ1n) is 11.7. The number of ether oxygens (including phenoxy) is 2. The molecule has 1 saturated heterocycles. The molecule has 1 aliphatic heterocycles. The standard InChI is InChI=1S/C26H30N2O6S/c1-35-13-12-22(24(29)27-14-16-10-11-23(34-16)25(30)31)28-26(32)33-15-21-19-8-4-2-6-17(19)18-7-3-5-9-20(18)21/h2-9,16,21-23H,10-15H2,1H3,(H,27,29)(H,28,32)(H,30,31)/t16?,22-,23?/m1/s1. The van der Waals surface area contributed by atoms with Gasteiger partial charge < -0.3 is 25.2 Å². The first-order valence-corrected chi connectivity index (χ1v) is 13.1. The molecule has 0 radical (unpaired) electrons. The van der Waals surface area contributed by atoms with Crippen LogP contribution in [0, 0.1) is 0 Å². The molecule has 0 saturated carbocycles. The molecular weight excluding hydrogens is 468 g/mol. The van der Waals surface area contributed by atoms with E-state index < -0.39 is 24.2 Å². The number of alkyl carbamates (subject to hydrolysis) is 1. The third kappa shape index (κ3) is 5.97. The van der Waals surface area contributed by atoms with Crippen LogP contribution in [0.3, 0.4) is 0 Å². The van der Waals surface area contributed by atoms with Crippen LogP contribution in [-0.2, 0) is 19.1 Å². The summed E-state index contributed by atoms with van der Waals surface area (Å²) in [5.41, 5.74) is 4.53. The van der Waals surface area contributed by atoms with E-state index >= 15 is 0 Å². The zero-order valence-corrected chi connectivity index (χ0v) is 20.4. The Labute approximate surface area is 208 Å². The lowest BCUT2D eigenvalue weighted by molar-refractivity contribution is -0.149. The topological polar surface area (TPSA) is 114 Å². The van der Waals surface area contributed by atoms with Crippen molar-refractivity contribution < 1.29 is 29.0 Å². The van der Waals surface area contributed by atoms with Crippen molar-refractivity contribution in [2.45, 2.75) is 43.4 Å². The molecule has 2 aromatic carbocycles. The van der Waals surface area contributed by atoms with Gasteiger partial charge in [0.05, 0.1) is 6.10 Å². The van der Waals surface area contributed by atoms with E-state index in [0.717, 1.165) is 22.3 Å². The minimum Gasteiger partial charge on any atom is -0.479 e. The van der Waals surface area contributed by atoms with Crippen molar-refractivity contribution in [1.82, 2.24) is 10.6 Å². The van der Waals surface area contributed by atoms with E-state index in [0.29, 0.717) is 25.0 Å². The van der Waals surface area contributed by atoms with Gasteiger partial charge in [0.1, 0.15) is 12.6 Å². The van der Waals surface area contributed by atoms with E-state index in [2.05, 4.69) is 34.9 Å². The molecule has 9 heteroatoms. The predicted molar refractivity (Wildman–Crippen MR) is 134 cm³/mol. The van der Waals surface area contributed by atoms with Crippen molar-refractivity contribution >= 4 is 29.7 Å². The summed E-state index contributed by atoms with van der Waals surface area (Å²) >= 11 is 1.58. The van der Waals surface area contributed by atoms with Crippen molar-refractivity contribution in [3.05, 3.63) is 59.7 Å². The Morgan fingerprint density at radius 2 is 1.74 bits per heavy atom. The van der Waals surface area contributed by atoms with Crippen LogP contribution in [-0.4, -0.2) is 66.5 Å². The second-order valence-electron chi connectivity index (χ2n) is 8.71. The van der Waals surface area contributed by atoms with Crippen molar-refractivity contribution in [3.8, 4) is 11.1 Å². The number of carbonyl (C=O) groups excluding carboxylic acids is 2. The molecule has 1 fully saturated rings. The summed E-state index contributed by atoms with van der Waals surface area (Å²) in [5.74, 6) is -0.709. The number of nitrogens with one attached hydrogen (secondary N) is 2. The molecule has 8 nitrogen and oxygen atoms in total. The zero-order valence-electron chi connectivity index (χ0n) is 19.6. The number of carboxylic acids is 1. The van der Waals surface area contributed by atoms with E-state index in [1.54, 1.807) is 11.8 Å². The van der Waals surface area contributed by atoms with Crippen LogP contribution in [0.15, 0.2) is 48.5 Å². The fourth-order valence-electron chi connectivity index (χ4n) is 4.66. The average Bonchev–Trinajstić information content (AvgIpc) is 3.47. The highest BCUT2D eigenvalue weighted by atomic mass is 32.2. The largest absolute Gasteiger partial charge is 0.479 e. The second kappa shape index (κ2) is 11.6. The SMILES string of the molecule is CSCC[C@@H](NC(=O)OCC1c2ccccc2-c2ccccc21)C(=O)NCC1CCC(C(=O)O)O1.